The van der Waals surface area contributed by atoms with Crippen molar-refractivity contribution in [2.24, 2.45) is 5.92 Å². The van der Waals surface area contributed by atoms with Crippen LogP contribution in [0, 0.1) is 11.3 Å². The molecular formula is C8H16N2. The molecule has 1 N–H and O–H groups in total. The van der Waals surface area contributed by atoms with Crippen molar-refractivity contribution in [3.05, 3.63) is 0 Å². The summed E-state index contributed by atoms with van der Waals surface area (Å²) in [7, 11) is 0. The molecule has 1 aliphatic heterocycles. The first kappa shape index (κ1) is 7.58. The molecule has 0 amide bonds. The van der Waals surface area contributed by atoms with Gasteiger partial charge >= 0.3 is 0 Å². The third kappa shape index (κ3) is 1.72. The molecule has 1 rings (SSSR count). The van der Waals surface area contributed by atoms with Crippen LogP contribution in [0.15, 0.2) is 0 Å². The Hall–Kier alpha value is -0.530. The van der Waals surface area contributed by atoms with E-state index in [1.807, 2.05) is 0 Å². The van der Waals surface area contributed by atoms with Gasteiger partial charge in [0.05, 0.1) is 5.84 Å². The zero-order valence-electron chi connectivity index (χ0n) is 6.85. The van der Waals surface area contributed by atoms with Crippen LogP contribution >= 0.6 is 0 Å². The molecule has 0 unspecified atom stereocenters. The second-order valence-electron chi connectivity index (χ2n) is 3.39. The van der Waals surface area contributed by atoms with E-state index in [-0.39, 0.29) is 0 Å². The highest BCUT2D eigenvalue weighted by Gasteiger charge is 2.16. The van der Waals surface area contributed by atoms with E-state index in [2.05, 4.69) is 18.7 Å². The minimum absolute atomic E-state index is 0.693. The van der Waals surface area contributed by atoms with Gasteiger partial charge in [0.25, 0.3) is 0 Å². The zero-order chi connectivity index (χ0) is 7.56. The summed E-state index contributed by atoms with van der Waals surface area (Å²) in [5.74, 6) is 1.53. The van der Waals surface area contributed by atoms with Gasteiger partial charge in [0, 0.05) is 19.5 Å². The lowest BCUT2D eigenvalue weighted by atomic mass is 10.2. The number of hydrogen-bond acceptors (Lipinski definition) is 1. The van der Waals surface area contributed by atoms with Gasteiger partial charge in [-0.15, -0.1) is 0 Å². The number of nitrogens with zero attached hydrogens (tertiary/aromatic N) is 1. The van der Waals surface area contributed by atoms with Crippen molar-refractivity contribution in [3.8, 4) is 0 Å². The van der Waals surface area contributed by atoms with Crippen molar-refractivity contribution in [2.45, 2.75) is 26.7 Å². The van der Waals surface area contributed by atoms with E-state index in [0.29, 0.717) is 5.92 Å². The molecule has 10 heavy (non-hydrogen) atoms. The van der Waals surface area contributed by atoms with Crippen LogP contribution in [-0.4, -0.2) is 23.8 Å². The quantitative estimate of drug-likeness (QED) is 0.621. The van der Waals surface area contributed by atoms with Crippen LogP contribution in [-0.2, 0) is 0 Å². The summed E-state index contributed by atoms with van der Waals surface area (Å²) in [6.07, 6.45) is 2.18. The maximum absolute atomic E-state index is 7.53. The smallest absolute Gasteiger partial charge is 0.0958 e. The Balaban J connectivity index is 2.33. The molecule has 0 bridgehead atoms. The molecule has 0 saturated carbocycles. The monoisotopic (exact) mass is 140 g/mol. The van der Waals surface area contributed by atoms with Gasteiger partial charge in [-0.05, 0) is 12.3 Å². The van der Waals surface area contributed by atoms with Crippen molar-refractivity contribution < 1.29 is 0 Å². The molecule has 2 nitrogen and oxygen atoms in total. The lowest BCUT2D eigenvalue weighted by Crippen LogP contribution is -2.28. The fourth-order valence-corrected chi connectivity index (χ4v) is 1.37. The van der Waals surface area contributed by atoms with E-state index in [1.54, 1.807) is 0 Å². The molecule has 0 atom stereocenters. The van der Waals surface area contributed by atoms with Gasteiger partial charge in [-0.1, -0.05) is 13.8 Å². The number of amidine groups is 1. The first-order valence-electron chi connectivity index (χ1n) is 4.02. The van der Waals surface area contributed by atoms with Crippen LogP contribution < -0.4 is 0 Å². The third-order valence-corrected chi connectivity index (χ3v) is 1.81. The summed E-state index contributed by atoms with van der Waals surface area (Å²) in [5, 5.41) is 7.53. The van der Waals surface area contributed by atoms with Crippen molar-refractivity contribution in [1.29, 1.82) is 5.41 Å². The molecule has 58 valence electrons. The van der Waals surface area contributed by atoms with Crippen molar-refractivity contribution in [3.63, 3.8) is 0 Å². The van der Waals surface area contributed by atoms with Gasteiger partial charge in [0.15, 0.2) is 0 Å². The Kier molecular flexibility index (Phi) is 2.30. The fourth-order valence-electron chi connectivity index (χ4n) is 1.37. The van der Waals surface area contributed by atoms with Gasteiger partial charge < -0.3 is 4.90 Å². The third-order valence-electron chi connectivity index (χ3n) is 1.81. The first-order valence-corrected chi connectivity index (χ1v) is 4.02. The van der Waals surface area contributed by atoms with Crippen LogP contribution in [0.2, 0.25) is 0 Å². The molecule has 1 saturated heterocycles. The fraction of sp³-hybridized carbons (Fsp3) is 0.875. The maximum Gasteiger partial charge on any atom is 0.0958 e. The standard InChI is InChI=1S/C8H16N2/c1-7(2)6-10-5-3-4-8(10)9/h7,9H,3-6H2,1-2H3. The Morgan fingerprint density at radius 1 is 1.60 bits per heavy atom. The van der Waals surface area contributed by atoms with Gasteiger partial charge in [-0.2, -0.15) is 0 Å². The molecule has 2 heteroatoms. The summed E-state index contributed by atoms with van der Waals surface area (Å²) in [5.41, 5.74) is 0. The average Bonchev–Trinajstić information content (AvgIpc) is 2.15. The van der Waals surface area contributed by atoms with Crippen LogP contribution in [0.5, 0.6) is 0 Å². The number of rotatable bonds is 2. The second-order valence-corrected chi connectivity index (χ2v) is 3.39. The Morgan fingerprint density at radius 2 is 2.30 bits per heavy atom. The summed E-state index contributed by atoms with van der Waals surface area (Å²) < 4.78 is 0. The van der Waals surface area contributed by atoms with Crippen LogP contribution in [0.1, 0.15) is 26.7 Å². The lowest BCUT2D eigenvalue weighted by Gasteiger charge is -2.19. The molecular weight excluding hydrogens is 124 g/mol. The van der Waals surface area contributed by atoms with Gasteiger partial charge in [-0.3, -0.25) is 5.41 Å². The lowest BCUT2D eigenvalue weighted by molar-refractivity contribution is 0.389. The molecule has 0 spiro atoms. The van der Waals surface area contributed by atoms with Gasteiger partial charge in [0.1, 0.15) is 0 Å². The molecule has 0 aliphatic carbocycles. The molecule has 0 aromatic heterocycles. The highest BCUT2D eigenvalue weighted by atomic mass is 15.2. The summed E-state index contributed by atoms with van der Waals surface area (Å²) in [4.78, 5) is 2.19. The summed E-state index contributed by atoms with van der Waals surface area (Å²) >= 11 is 0. The molecule has 1 heterocycles. The van der Waals surface area contributed by atoms with Crippen LogP contribution in [0.4, 0.5) is 0 Å². The normalized spacial score (nSPS) is 19.1. The Morgan fingerprint density at radius 3 is 2.70 bits per heavy atom. The van der Waals surface area contributed by atoms with Crippen molar-refractivity contribution in [1.82, 2.24) is 4.90 Å². The average molecular weight is 140 g/mol. The molecule has 1 fully saturated rings. The van der Waals surface area contributed by atoms with Crippen LogP contribution in [0.25, 0.3) is 0 Å². The number of likely N-dealkylation sites (tertiary alicyclic amines) is 1. The predicted molar refractivity (Wildman–Crippen MR) is 43.4 cm³/mol. The number of hydrogen-bond donors (Lipinski definition) is 1. The maximum atomic E-state index is 7.53. The predicted octanol–water partition coefficient (Wildman–Crippen LogP) is 1.72. The van der Waals surface area contributed by atoms with E-state index in [9.17, 15) is 0 Å². The van der Waals surface area contributed by atoms with Gasteiger partial charge in [0.2, 0.25) is 0 Å². The van der Waals surface area contributed by atoms with Crippen LogP contribution in [0.3, 0.4) is 0 Å². The minimum atomic E-state index is 0.693. The second kappa shape index (κ2) is 3.04. The Bertz CT molecular complexity index is 129. The van der Waals surface area contributed by atoms with Crippen molar-refractivity contribution >= 4 is 5.84 Å². The SMILES string of the molecule is CC(C)CN1CCCC1=N. The van der Waals surface area contributed by atoms with E-state index >= 15 is 0 Å². The van der Waals surface area contributed by atoms with E-state index in [0.717, 1.165) is 25.3 Å². The highest BCUT2D eigenvalue weighted by Crippen LogP contribution is 2.11. The highest BCUT2D eigenvalue weighted by molar-refractivity contribution is 5.80. The van der Waals surface area contributed by atoms with Gasteiger partial charge in [-0.25, -0.2) is 0 Å². The van der Waals surface area contributed by atoms with Crippen molar-refractivity contribution in [2.75, 3.05) is 13.1 Å². The summed E-state index contributed by atoms with van der Waals surface area (Å²) in [6, 6.07) is 0. The minimum Gasteiger partial charge on any atom is -0.360 e. The van der Waals surface area contributed by atoms with E-state index in [1.165, 1.54) is 6.42 Å². The topological polar surface area (TPSA) is 27.1 Å². The molecule has 1 aliphatic rings. The van der Waals surface area contributed by atoms with E-state index < -0.39 is 0 Å². The number of nitrogens with one attached hydrogen (secondary N) is 1. The largest absolute Gasteiger partial charge is 0.360 e. The molecule has 0 radical (unpaired) electrons. The summed E-state index contributed by atoms with van der Waals surface area (Å²) in [6.45, 7) is 6.58. The molecule has 0 aromatic carbocycles. The Labute approximate surface area is 62.7 Å². The molecule has 0 aromatic rings. The zero-order valence-corrected chi connectivity index (χ0v) is 6.85. The first-order chi connectivity index (χ1) is 4.70. The van der Waals surface area contributed by atoms with E-state index in [4.69, 9.17) is 5.41 Å².